The van der Waals surface area contributed by atoms with Crippen LogP contribution in [0.1, 0.15) is 31.9 Å². The van der Waals surface area contributed by atoms with Gasteiger partial charge >= 0.3 is 6.18 Å². The number of nitrogens with zero attached hydrogens (tertiary/aromatic N) is 1. The Morgan fingerprint density at radius 2 is 1.76 bits per heavy atom. The van der Waals surface area contributed by atoms with Gasteiger partial charge in [-0.1, -0.05) is 6.07 Å². The summed E-state index contributed by atoms with van der Waals surface area (Å²) in [5, 5.41) is 3.30. The summed E-state index contributed by atoms with van der Waals surface area (Å²) in [6.45, 7) is 7.90. The first-order valence-corrected chi connectivity index (χ1v) is 6.78. The molecule has 0 amide bonds. The second-order valence-electron chi connectivity index (χ2n) is 6.23. The summed E-state index contributed by atoms with van der Waals surface area (Å²) in [5.41, 5.74) is -0.761. The van der Waals surface area contributed by atoms with E-state index in [-0.39, 0.29) is 5.54 Å². The van der Waals surface area contributed by atoms with Gasteiger partial charge in [0.15, 0.2) is 0 Å². The van der Waals surface area contributed by atoms with Crippen molar-refractivity contribution in [3.05, 3.63) is 35.1 Å². The lowest BCUT2D eigenvalue weighted by molar-refractivity contribution is -0.140. The molecule has 0 saturated heterocycles. The maximum absolute atomic E-state index is 13.2. The van der Waals surface area contributed by atoms with Crippen LogP contribution in [-0.4, -0.2) is 30.6 Å². The standard InChI is InChI=1S/C15H22F4N2/c1-14(2,3)20-7-8-21(4)10-11-5-6-13(16)12(9-11)15(17,18)19/h5-6,9,20H,7-8,10H2,1-4H3. The summed E-state index contributed by atoms with van der Waals surface area (Å²) in [7, 11) is 1.82. The van der Waals surface area contributed by atoms with Crippen molar-refractivity contribution < 1.29 is 17.6 Å². The van der Waals surface area contributed by atoms with Crippen LogP contribution in [0.5, 0.6) is 0 Å². The Balaban J connectivity index is 2.63. The number of halogens is 4. The molecule has 1 rings (SSSR count). The zero-order valence-corrected chi connectivity index (χ0v) is 12.8. The van der Waals surface area contributed by atoms with Gasteiger partial charge in [-0.15, -0.1) is 0 Å². The van der Waals surface area contributed by atoms with Crippen molar-refractivity contribution in [2.45, 2.75) is 39.0 Å². The molecule has 0 heterocycles. The van der Waals surface area contributed by atoms with Gasteiger partial charge in [0.2, 0.25) is 0 Å². The Hall–Kier alpha value is -1.14. The summed E-state index contributed by atoms with van der Waals surface area (Å²) in [6, 6.07) is 3.14. The van der Waals surface area contributed by atoms with Crippen LogP contribution < -0.4 is 5.32 Å². The Bertz CT molecular complexity index is 464. The summed E-state index contributed by atoms with van der Waals surface area (Å²) in [6.07, 6.45) is -4.66. The predicted octanol–water partition coefficient (Wildman–Crippen LogP) is 3.66. The number of hydrogen-bond acceptors (Lipinski definition) is 2. The fourth-order valence-electron chi connectivity index (χ4n) is 1.90. The third kappa shape index (κ3) is 6.44. The molecule has 0 fully saturated rings. The van der Waals surface area contributed by atoms with Gasteiger partial charge in [0.1, 0.15) is 5.82 Å². The smallest absolute Gasteiger partial charge is 0.311 e. The molecule has 1 aromatic rings. The second kappa shape index (κ2) is 6.75. The van der Waals surface area contributed by atoms with Crippen molar-refractivity contribution in [2.75, 3.05) is 20.1 Å². The fourth-order valence-corrected chi connectivity index (χ4v) is 1.90. The highest BCUT2D eigenvalue weighted by atomic mass is 19.4. The second-order valence-corrected chi connectivity index (χ2v) is 6.23. The van der Waals surface area contributed by atoms with Crippen molar-refractivity contribution in [1.82, 2.24) is 10.2 Å². The van der Waals surface area contributed by atoms with Crippen molar-refractivity contribution in [2.24, 2.45) is 0 Å². The van der Waals surface area contributed by atoms with Crippen LogP contribution in [-0.2, 0) is 12.7 Å². The van der Waals surface area contributed by atoms with Gasteiger partial charge < -0.3 is 10.2 Å². The largest absolute Gasteiger partial charge is 0.419 e. The average molecular weight is 306 g/mol. The van der Waals surface area contributed by atoms with E-state index in [0.29, 0.717) is 18.7 Å². The maximum Gasteiger partial charge on any atom is 0.419 e. The minimum Gasteiger partial charge on any atom is -0.311 e. The van der Waals surface area contributed by atoms with Crippen molar-refractivity contribution in [1.29, 1.82) is 0 Å². The predicted molar refractivity (Wildman–Crippen MR) is 75.5 cm³/mol. The fraction of sp³-hybridized carbons (Fsp3) is 0.600. The minimum absolute atomic E-state index is 0.000168. The zero-order chi connectivity index (χ0) is 16.3. The lowest BCUT2D eigenvalue weighted by Crippen LogP contribution is -2.40. The molecule has 0 radical (unpaired) electrons. The lowest BCUT2D eigenvalue weighted by Gasteiger charge is -2.23. The quantitative estimate of drug-likeness (QED) is 0.835. The van der Waals surface area contributed by atoms with Gasteiger partial charge in [-0.2, -0.15) is 13.2 Å². The van der Waals surface area contributed by atoms with Gasteiger partial charge in [-0.3, -0.25) is 0 Å². The van der Waals surface area contributed by atoms with Gasteiger partial charge in [0.25, 0.3) is 0 Å². The van der Waals surface area contributed by atoms with E-state index in [9.17, 15) is 17.6 Å². The molecular formula is C15H22F4N2. The van der Waals surface area contributed by atoms with Crippen LogP contribution in [0.25, 0.3) is 0 Å². The van der Waals surface area contributed by atoms with Gasteiger partial charge in [-0.05, 0) is 45.5 Å². The Kier molecular flexibility index (Phi) is 5.75. The molecule has 0 unspecified atom stereocenters. The summed E-state index contributed by atoms with van der Waals surface area (Å²) >= 11 is 0. The van der Waals surface area contributed by atoms with E-state index in [1.54, 1.807) is 0 Å². The third-order valence-electron chi connectivity index (χ3n) is 2.94. The van der Waals surface area contributed by atoms with Crippen molar-refractivity contribution in [3.63, 3.8) is 0 Å². The van der Waals surface area contributed by atoms with Crippen LogP contribution in [0, 0.1) is 5.82 Å². The van der Waals surface area contributed by atoms with Gasteiger partial charge in [0, 0.05) is 25.2 Å². The highest BCUT2D eigenvalue weighted by molar-refractivity contribution is 5.27. The summed E-state index contributed by atoms with van der Waals surface area (Å²) < 4.78 is 51.1. The Morgan fingerprint density at radius 3 is 2.29 bits per heavy atom. The molecule has 21 heavy (non-hydrogen) atoms. The molecule has 0 aromatic heterocycles. The number of nitrogens with one attached hydrogen (secondary N) is 1. The lowest BCUT2D eigenvalue weighted by atomic mass is 10.1. The van der Waals surface area contributed by atoms with Crippen molar-refractivity contribution >= 4 is 0 Å². The monoisotopic (exact) mass is 306 g/mol. The van der Waals surface area contributed by atoms with Crippen LogP contribution in [0.3, 0.4) is 0 Å². The molecule has 1 aromatic carbocycles. The molecule has 0 aliphatic rings. The number of hydrogen-bond donors (Lipinski definition) is 1. The number of likely N-dealkylation sites (N-methyl/N-ethyl adjacent to an activating group) is 1. The summed E-state index contributed by atoms with van der Waals surface area (Å²) in [5.74, 6) is -1.23. The third-order valence-corrected chi connectivity index (χ3v) is 2.94. The number of alkyl halides is 3. The number of benzene rings is 1. The van der Waals surface area contributed by atoms with Crippen LogP contribution >= 0.6 is 0 Å². The normalized spacial score (nSPS) is 13.0. The topological polar surface area (TPSA) is 15.3 Å². The molecule has 0 aliphatic heterocycles. The molecule has 6 heteroatoms. The van der Waals surface area contributed by atoms with Crippen LogP contribution in [0.2, 0.25) is 0 Å². The molecule has 120 valence electrons. The van der Waals surface area contributed by atoms with Crippen LogP contribution in [0.4, 0.5) is 17.6 Å². The molecule has 0 atom stereocenters. The summed E-state index contributed by atoms with van der Waals surface area (Å²) in [4.78, 5) is 1.89. The van der Waals surface area contributed by atoms with Gasteiger partial charge in [-0.25, -0.2) is 4.39 Å². The van der Waals surface area contributed by atoms with E-state index in [2.05, 4.69) is 5.32 Å². The first-order chi connectivity index (χ1) is 9.49. The maximum atomic E-state index is 13.2. The van der Waals surface area contributed by atoms with E-state index < -0.39 is 17.6 Å². The highest BCUT2D eigenvalue weighted by Crippen LogP contribution is 2.32. The molecule has 0 bridgehead atoms. The molecule has 0 spiro atoms. The SMILES string of the molecule is CN(CCNC(C)(C)C)Cc1ccc(F)c(C(F)(F)F)c1. The first kappa shape index (κ1) is 17.9. The van der Waals surface area contributed by atoms with Crippen molar-refractivity contribution in [3.8, 4) is 0 Å². The molecule has 2 nitrogen and oxygen atoms in total. The molecular weight excluding hydrogens is 284 g/mol. The Labute approximate surface area is 123 Å². The Morgan fingerprint density at radius 1 is 1.14 bits per heavy atom. The average Bonchev–Trinajstić information content (AvgIpc) is 2.28. The molecule has 0 aliphatic carbocycles. The zero-order valence-electron chi connectivity index (χ0n) is 12.8. The molecule has 1 N–H and O–H groups in total. The van der Waals surface area contributed by atoms with E-state index in [1.165, 1.54) is 6.07 Å². The number of rotatable bonds is 5. The van der Waals surface area contributed by atoms with E-state index in [0.717, 1.165) is 18.7 Å². The van der Waals surface area contributed by atoms with Gasteiger partial charge in [0.05, 0.1) is 5.56 Å². The van der Waals surface area contributed by atoms with E-state index in [1.807, 2.05) is 32.7 Å². The highest BCUT2D eigenvalue weighted by Gasteiger charge is 2.34. The van der Waals surface area contributed by atoms with E-state index >= 15 is 0 Å². The van der Waals surface area contributed by atoms with E-state index in [4.69, 9.17) is 0 Å². The van der Waals surface area contributed by atoms with Crippen LogP contribution in [0.15, 0.2) is 18.2 Å². The first-order valence-electron chi connectivity index (χ1n) is 6.78. The molecule has 0 saturated carbocycles. The minimum atomic E-state index is -4.66.